The van der Waals surface area contributed by atoms with Crippen LogP contribution in [0.25, 0.3) is 33.4 Å². The molecule has 1 nitrogen and oxygen atoms in total. The van der Waals surface area contributed by atoms with Crippen molar-refractivity contribution in [1.29, 1.82) is 0 Å². The smallest absolute Gasteiger partial charge is 0.0720 e. The van der Waals surface area contributed by atoms with Crippen molar-refractivity contribution < 1.29 is 0 Å². The van der Waals surface area contributed by atoms with Gasteiger partial charge in [-0.2, -0.15) is 0 Å². The molecule has 0 aliphatic heterocycles. The van der Waals surface area contributed by atoms with Crippen LogP contribution in [0.3, 0.4) is 0 Å². The first-order chi connectivity index (χ1) is 28.9. The van der Waals surface area contributed by atoms with Gasteiger partial charge in [-0.05, 0) is 114 Å². The van der Waals surface area contributed by atoms with Gasteiger partial charge >= 0.3 is 0 Å². The monoisotopic (exact) mass is 773 g/mol. The van der Waals surface area contributed by atoms with Gasteiger partial charge in [0.15, 0.2) is 0 Å². The molecule has 1 unspecified atom stereocenters. The van der Waals surface area contributed by atoms with E-state index in [4.69, 9.17) is 0 Å². The molecule has 0 N–H and O–H groups in total. The largest absolute Gasteiger partial charge is 0.310 e. The van der Waals surface area contributed by atoms with E-state index in [2.05, 4.69) is 235 Å². The van der Waals surface area contributed by atoms with Gasteiger partial charge in [0.05, 0.1) is 11.1 Å². The molecule has 1 heteroatoms. The van der Waals surface area contributed by atoms with E-state index >= 15 is 0 Å². The summed E-state index contributed by atoms with van der Waals surface area (Å²) < 4.78 is 0. The van der Waals surface area contributed by atoms with Crippen molar-refractivity contribution in [1.82, 2.24) is 0 Å². The summed E-state index contributed by atoms with van der Waals surface area (Å²) in [7, 11) is 0. The van der Waals surface area contributed by atoms with Crippen LogP contribution in [0, 0.1) is 0 Å². The van der Waals surface area contributed by atoms with Gasteiger partial charge in [0.2, 0.25) is 0 Å². The van der Waals surface area contributed by atoms with Gasteiger partial charge in [0, 0.05) is 27.8 Å². The molecule has 3 aliphatic rings. The lowest BCUT2D eigenvalue weighted by atomic mass is 9.55. The Morgan fingerprint density at radius 3 is 1.62 bits per heavy atom. The van der Waals surface area contributed by atoms with Crippen LogP contribution in [0.4, 0.5) is 17.1 Å². The van der Waals surface area contributed by atoms with E-state index < -0.39 is 5.41 Å². The van der Waals surface area contributed by atoms with Gasteiger partial charge in [0.1, 0.15) is 0 Å². The predicted molar refractivity (Wildman–Crippen MR) is 252 cm³/mol. The van der Waals surface area contributed by atoms with E-state index in [-0.39, 0.29) is 16.2 Å². The van der Waals surface area contributed by atoms with Gasteiger partial charge in [-0.15, -0.1) is 0 Å². The summed E-state index contributed by atoms with van der Waals surface area (Å²) in [6.45, 7) is 16.7. The molecule has 0 fully saturated rings. The van der Waals surface area contributed by atoms with Crippen molar-refractivity contribution in [3.63, 3.8) is 0 Å². The summed E-state index contributed by atoms with van der Waals surface area (Å²) in [6, 6.07) is 69.1. The van der Waals surface area contributed by atoms with Crippen LogP contribution in [-0.2, 0) is 21.7 Å². The maximum atomic E-state index is 2.57. The molecular weight excluding hydrogens is 723 g/mol. The van der Waals surface area contributed by atoms with E-state index in [1.807, 2.05) is 0 Å². The maximum Gasteiger partial charge on any atom is 0.0720 e. The first-order valence-electron chi connectivity index (χ1n) is 21.6. The zero-order chi connectivity index (χ0) is 41.2. The molecule has 0 radical (unpaired) electrons. The number of benzene rings is 8. The first-order valence-corrected chi connectivity index (χ1v) is 21.6. The highest BCUT2D eigenvalue weighted by molar-refractivity contribution is 5.94. The second-order valence-electron chi connectivity index (χ2n) is 19.3. The molecule has 8 aromatic carbocycles. The third kappa shape index (κ3) is 4.93. The second kappa shape index (κ2) is 12.8. The maximum absolute atomic E-state index is 2.57. The lowest BCUT2D eigenvalue weighted by Crippen LogP contribution is -2.41. The zero-order valence-corrected chi connectivity index (χ0v) is 35.8. The summed E-state index contributed by atoms with van der Waals surface area (Å²) >= 11 is 0. The highest BCUT2D eigenvalue weighted by Gasteiger charge is 2.54. The van der Waals surface area contributed by atoms with E-state index in [0.29, 0.717) is 0 Å². The summed E-state index contributed by atoms with van der Waals surface area (Å²) in [5, 5.41) is 0. The number of hydrogen-bond acceptors (Lipinski definition) is 1. The average Bonchev–Trinajstić information content (AvgIpc) is 3.69. The second-order valence-corrected chi connectivity index (χ2v) is 19.3. The number of hydrogen-bond donors (Lipinski definition) is 0. The van der Waals surface area contributed by atoms with E-state index in [1.54, 1.807) is 0 Å². The molecule has 3 aliphatic carbocycles. The van der Waals surface area contributed by atoms with Crippen molar-refractivity contribution in [3.8, 4) is 33.4 Å². The van der Waals surface area contributed by atoms with Gasteiger partial charge in [0.25, 0.3) is 0 Å². The SMILES string of the molecule is CC(C)(C)c1cccc2c1-c1ccccc1C21c2ccccc2C(C)(C)c2ccc(N(c3ccc4c(c3)C(C)(C)c3ccccc3-4)c3ccccc3-c3ccccc3)cc21. The van der Waals surface area contributed by atoms with Crippen LogP contribution >= 0.6 is 0 Å². The predicted octanol–water partition coefficient (Wildman–Crippen LogP) is 15.4. The Bertz CT molecular complexity index is 3030. The van der Waals surface area contributed by atoms with Crippen molar-refractivity contribution in [2.75, 3.05) is 4.90 Å². The van der Waals surface area contributed by atoms with Gasteiger partial charge in [-0.3, -0.25) is 0 Å². The standard InChI is InChI=1S/C59H51N/c1-56(2,3)50-29-19-30-51-55(50)44-24-12-15-26-46(44)59(51)49-28-17-16-27-47(49)58(6,7)48-35-33-40(37-53(48)59)60(54-31-18-13-22-41(54)38-20-9-8-10-21-38)39-32-34-43-42-23-11-14-25-45(42)57(4,5)52(43)36-39/h8-37H,1-7H3. The topological polar surface area (TPSA) is 3.24 Å². The molecule has 1 spiro atoms. The zero-order valence-electron chi connectivity index (χ0n) is 35.8. The van der Waals surface area contributed by atoms with Crippen molar-refractivity contribution in [2.24, 2.45) is 0 Å². The third-order valence-electron chi connectivity index (χ3n) is 14.3. The van der Waals surface area contributed by atoms with Gasteiger partial charge in [-0.1, -0.05) is 200 Å². The van der Waals surface area contributed by atoms with Crippen LogP contribution in [0.15, 0.2) is 182 Å². The Morgan fingerprint density at radius 1 is 0.367 bits per heavy atom. The normalized spacial score (nSPS) is 17.2. The highest BCUT2D eigenvalue weighted by atomic mass is 15.1. The Hall–Kier alpha value is -6.44. The molecule has 0 saturated carbocycles. The molecule has 0 aromatic heterocycles. The number of nitrogens with zero attached hydrogens (tertiary/aromatic N) is 1. The minimum absolute atomic E-state index is 0.0406. The lowest BCUT2D eigenvalue weighted by molar-refractivity contribution is 0.561. The Labute approximate surface area is 356 Å². The molecule has 0 amide bonds. The summed E-state index contributed by atoms with van der Waals surface area (Å²) in [5.41, 5.74) is 22.7. The van der Waals surface area contributed by atoms with Crippen LogP contribution < -0.4 is 4.90 Å². The fraction of sp³-hybridized carbons (Fsp3) is 0.186. The Balaban J connectivity index is 1.24. The van der Waals surface area contributed by atoms with Crippen molar-refractivity contribution in [2.45, 2.75) is 70.1 Å². The quantitative estimate of drug-likeness (QED) is 0.172. The average molecular weight is 774 g/mol. The molecular formula is C59H51N. The van der Waals surface area contributed by atoms with Crippen LogP contribution in [0.5, 0.6) is 0 Å². The number of para-hydroxylation sites is 1. The molecule has 1 atom stereocenters. The minimum Gasteiger partial charge on any atom is -0.310 e. The third-order valence-corrected chi connectivity index (χ3v) is 14.3. The summed E-state index contributed by atoms with van der Waals surface area (Å²) in [6.07, 6.45) is 0. The highest BCUT2D eigenvalue weighted by Crippen LogP contribution is 2.64. The van der Waals surface area contributed by atoms with Crippen molar-refractivity contribution in [3.05, 3.63) is 232 Å². The molecule has 8 aromatic rings. The number of rotatable bonds is 4. The number of anilines is 3. The van der Waals surface area contributed by atoms with E-state index in [9.17, 15) is 0 Å². The van der Waals surface area contributed by atoms with Gasteiger partial charge in [-0.25, -0.2) is 0 Å². The molecule has 0 saturated heterocycles. The Morgan fingerprint density at radius 2 is 0.883 bits per heavy atom. The lowest BCUT2D eigenvalue weighted by Gasteiger charge is -2.47. The van der Waals surface area contributed by atoms with Crippen LogP contribution in [-0.4, -0.2) is 0 Å². The van der Waals surface area contributed by atoms with Crippen molar-refractivity contribution >= 4 is 17.1 Å². The summed E-state index contributed by atoms with van der Waals surface area (Å²) in [4.78, 5) is 2.54. The fourth-order valence-electron chi connectivity index (χ4n) is 11.5. The molecule has 0 bridgehead atoms. The number of fused-ring (bicyclic) bond motifs is 12. The Kier molecular flexibility index (Phi) is 7.80. The molecule has 0 heterocycles. The van der Waals surface area contributed by atoms with E-state index in [1.165, 1.54) is 83.5 Å². The molecule has 11 rings (SSSR count). The van der Waals surface area contributed by atoms with Crippen LogP contribution in [0.1, 0.15) is 98.5 Å². The minimum atomic E-state index is -0.517. The van der Waals surface area contributed by atoms with Gasteiger partial charge < -0.3 is 4.90 Å². The first kappa shape index (κ1) is 36.6. The fourth-order valence-corrected chi connectivity index (χ4v) is 11.5. The summed E-state index contributed by atoms with van der Waals surface area (Å²) in [5.74, 6) is 0. The van der Waals surface area contributed by atoms with E-state index in [0.717, 1.165) is 17.1 Å². The molecule has 60 heavy (non-hydrogen) atoms. The molecule has 292 valence electrons. The van der Waals surface area contributed by atoms with Crippen LogP contribution in [0.2, 0.25) is 0 Å².